The second-order valence-electron chi connectivity index (χ2n) is 2.81. The highest BCUT2D eigenvalue weighted by molar-refractivity contribution is 9.10. The van der Waals surface area contributed by atoms with E-state index in [1.807, 2.05) is 17.5 Å². The molecule has 0 fully saturated rings. The van der Waals surface area contributed by atoms with Crippen LogP contribution in [0.5, 0.6) is 0 Å². The maximum Gasteiger partial charge on any atom is 0.280 e. The van der Waals surface area contributed by atoms with Crippen LogP contribution in [0.2, 0.25) is 0 Å². The van der Waals surface area contributed by atoms with Crippen LogP contribution >= 0.6 is 27.3 Å². The van der Waals surface area contributed by atoms with Crippen molar-refractivity contribution in [1.82, 2.24) is 10.2 Å². The average molecular weight is 299 g/mol. The van der Waals surface area contributed by atoms with Crippen molar-refractivity contribution < 1.29 is 0 Å². The Kier molecular flexibility index (Phi) is 3.47. The molecule has 16 heavy (non-hydrogen) atoms. The maximum absolute atomic E-state index is 11.2. The zero-order valence-electron chi connectivity index (χ0n) is 7.98. The molecule has 2 N–H and O–H groups in total. The number of hydrazone groups is 1. The zero-order chi connectivity index (χ0) is 11.4. The van der Waals surface area contributed by atoms with Gasteiger partial charge in [-0.2, -0.15) is 10.2 Å². The van der Waals surface area contributed by atoms with Crippen molar-refractivity contribution in [2.24, 2.45) is 5.10 Å². The molecule has 7 heteroatoms. The number of aromatic amines is 1. The summed E-state index contributed by atoms with van der Waals surface area (Å²) in [4.78, 5) is 12.2. The first kappa shape index (κ1) is 11.0. The summed E-state index contributed by atoms with van der Waals surface area (Å²) in [6, 6.07) is 3.89. The summed E-state index contributed by atoms with van der Waals surface area (Å²) in [6.45, 7) is 0. The van der Waals surface area contributed by atoms with Crippen LogP contribution in [-0.4, -0.2) is 16.4 Å². The molecule has 0 bridgehead atoms. The van der Waals surface area contributed by atoms with Crippen molar-refractivity contribution in [3.8, 4) is 0 Å². The molecule has 2 aromatic heterocycles. The molecule has 0 radical (unpaired) electrons. The molecule has 82 valence electrons. The van der Waals surface area contributed by atoms with Crippen LogP contribution in [0.4, 0.5) is 5.69 Å². The second-order valence-corrected chi connectivity index (χ2v) is 4.58. The number of aromatic nitrogens is 2. The van der Waals surface area contributed by atoms with Crippen molar-refractivity contribution in [1.29, 1.82) is 0 Å². The number of thiophene rings is 1. The molecule has 0 spiro atoms. The van der Waals surface area contributed by atoms with Crippen LogP contribution in [0.1, 0.15) is 4.88 Å². The SMILES string of the molecule is O=c1[nH]ncc(N/N=C/c2cccs2)c1Br. The van der Waals surface area contributed by atoms with Gasteiger partial charge in [0.1, 0.15) is 4.47 Å². The van der Waals surface area contributed by atoms with E-state index in [0.29, 0.717) is 10.2 Å². The Hall–Kier alpha value is -1.47. The molecular weight excluding hydrogens is 292 g/mol. The van der Waals surface area contributed by atoms with E-state index < -0.39 is 0 Å². The van der Waals surface area contributed by atoms with Gasteiger partial charge in [-0.25, -0.2) is 5.10 Å². The predicted molar refractivity (Wildman–Crippen MR) is 68.1 cm³/mol. The van der Waals surface area contributed by atoms with E-state index in [9.17, 15) is 4.79 Å². The van der Waals surface area contributed by atoms with E-state index >= 15 is 0 Å². The molecule has 0 unspecified atom stereocenters. The quantitative estimate of drug-likeness (QED) is 0.673. The Morgan fingerprint density at radius 3 is 3.25 bits per heavy atom. The molecule has 0 aromatic carbocycles. The first-order chi connectivity index (χ1) is 7.77. The zero-order valence-corrected chi connectivity index (χ0v) is 10.4. The average Bonchev–Trinajstić information content (AvgIpc) is 2.77. The number of H-pyrrole nitrogens is 1. The van der Waals surface area contributed by atoms with Gasteiger partial charge in [0, 0.05) is 4.88 Å². The van der Waals surface area contributed by atoms with E-state index in [2.05, 4.69) is 36.7 Å². The molecule has 0 saturated carbocycles. The first-order valence-electron chi connectivity index (χ1n) is 4.33. The molecule has 0 amide bonds. The van der Waals surface area contributed by atoms with Gasteiger partial charge in [0.15, 0.2) is 0 Å². The predicted octanol–water partition coefficient (Wildman–Crippen LogP) is 2.04. The lowest BCUT2D eigenvalue weighted by Crippen LogP contribution is -2.10. The van der Waals surface area contributed by atoms with E-state index in [1.54, 1.807) is 17.6 Å². The molecule has 2 heterocycles. The van der Waals surface area contributed by atoms with E-state index in [1.165, 1.54) is 6.20 Å². The molecule has 0 aliphatic rings. The van der Waals surface area contributed by atoms with E-state index in [4.69, 9.17) is 0 Å². The summed E-state index contributed by atoms with van der Waals surface area (Å²) in [5.74, 6) is 0. The highest BCUT2D eigenvalue weighted by Crippen LogP contribution is 2.15. The van der Waals surface area contributed by atoms with E-state index in [-0.39, 0.29) is 5.56 Å². The monoisotopic (exact) mass is 298 g/mol. The van der Waals surface area contributed by atoms with Gasteiger partial charge in [0.25, 0.3) is 5.56 Å². The Labute approximate surface area is 103 Å². The largest absolute Gasteiger partial charge is 0.280 e. The van der Waals surface area contributed by atoms with Crippen molar-refractivity contribution in [2.45, 2.75) is 0 Å². The fourth-order valence-electron chi connectivity index (χ4n) is 0.992. The van der Waals surface area contributed by atoms with Crippen LogP contribution in [-0.2, 0) is 0 Å². The highest BCUT2D eigenvalue weighted by Gasteiger charge is 2.01. The van der Waals surface area contributed by atoms with Gasteiger partial charge in [0.2, 0.25) is 0 Å². The summed E-state index contributed by atoms with van der Waals surface area (Å²) in [6.07, 6.45) is 3.16. The molecule has 0 saturated heterocycles. The normalized spacial score (nSPS) is 10.8. The first-order valence-corrected chi connectivity index (χ1v) is 6.00. The number of anilines is 1. The van der Waals surface area contributed by atoms with Gasteiger partial charge >= 0.3 is 0 Å². The number of hydrogen-bond donors (Lipinski definition) is 2. The van der Waals surface area contributed by atoms with Crippen molar-refractivity contribution in [3.05, 3.63) is 43.4 Å². The van der Waals surface area contributed by atoms with Crippen molar-refractivity contribution in [3.63, 3.8) is 0 Å². The number of hydrogen-bond acceptors (Lipinski definition) is 5. The highest BCUT2D eigenvalue weighted by atomic mass is 79.9. The van der Waals surface area contributed by atoms with E-state index in [0.717, 1.165) is 4.88 Å². The van der Waals surface area contributed by atoms with Gasteiger partial charge in [0.05, 0.1) is 18.1 Å². The lowest BCUT2D eigenvalue weighted by Gasteiger charge is -1.99. The summed E-state index contributed by atoms with van der Waals surface area (Å²) in [5.41, 5.74) is 2.97. The van der Waals surface area contributed by atoms with Crippen LogP contribution in [0.25, 0.3) is 0 Å². The number of rotatable bonds is 3. The number of halogens is 1. The number of nitrogens with zero attached hydrogens (tertiary/aromatic N) is 2. The second kappa shape index (κ2) is 5.04. The van der Waals surface area contributed by atoms with Crippen LogP contribution in [0.3, 0.4) is 0 Å². The molecule has 0 aliphatic heterocycles. The third kappa shape index (κ3) is 2.56. The smallest absolute Gasteiger partial charge is 0.275 e. The summed E-state index contributed by atoms with van der Waals surface area (Å²) in [5, 5.41) is 11.9. The van der Waals surface area contributed by atoms with Gasteiger partial charge in [-0.05, 0) is 27.4 Å². The van der Waals surface area contributed by atoms with Crippen molar-refractivity contribution in [2.75, 3.05) is 5.43 Å². The maximum atomic E-state index is 11.2. The molecule has 2 rings (SSSR count). The van der Waals surface area contributed by atoms with Crippen LogP contribution < -0.4 is 11.0 Å². The molecule has 0 atom stereocenters. The molecule has 0 aliphatic carbocycles. The van der Waals surface area contributed by atoms with Gasteiger partial charge in [-0.1, -0.05) is 6.07 Å². The third-order valence-electron chi connectivity index (χ3n) is 1.72. The molecular formula is C9H7BrN4OS. The summed E-state index contributed by atoms with van der Waals surface area (Å²) >= 11 is 4.72. The van der Waals surface area contributed by atoms with Crippen LogP contribution in [0, 0.1) is 0 Å². The Balaban J connectivity index is 2.11. The minimum atomic E-state index is -0.295. The third-order valence-corrected chi connectivity index (χ3v) is 3.31. The lowest BCUT2D eigenvalue weighted by atomic mass is 10.5. The molecule has 5 nitrogen and oxygen atoms in total. The van der Waals surface area contributed by atoms with Crippen LogP contribution in [0.15, 0.2) is 38.1 Å². The number of nitrogens with one attached hydrogen (secondary N) is 2. The van der Waals surface area contributed by atoms with Gasteiger partial charge in [-0.3, -0.25) is 10.2 Å². The Morgan fingerprint density at radius 2 is 2.50 bits per heavy atom. The summed E-state index contributed by atoms with van der Waals surface area (Å²) in [7, 11) is 0. The fraction of sp³-hybridized carbons (Fsp3) is 0. The summed E-state index contributed by atoms with van der Waals surface area (Å²) < 4.78 is 0.380. The van der Waals surface area contributed by atoms with Gasteiger partial charge in [-0.15, -0.1) is 11.3 Å². The molecule has 2 aromatic rings. The lowest BCUT2D eigenvalue weighted by molar-refractivity contribution is 0.977. The fourth-order valence-corrected chi connectivity index (χ4v) is 1.86. The van der Waals surface area contributed by atoms with Gasteiger partial charge < -0.3 is 0 Å². The topological polar surface area (TPSA) is 70.1 Å². The minimum absolute atomic E-state index is 0.295. The Morgan fingerprint density at radius 1 is 1.62 bits per heavy atom. The van der Waals surface area contributed by atoms with Crippen molar-refractivity contribution >= 4 is 39.2 Å². The Bertz CT molecular complexity index is 549. The minimum Gasteiger partial charge on any atom is -0.275 e. The standard InChI is InChI=1S/C9H7BrN4OS/c10-8-7(5-12-14-9(8)15)13-11-4-6-2-1-3-16-6/h1-5H,(H2,13,14,15)/b11-4+.